The predicted octanol–water partition coefficient (Wildman–Crippen LogP) is 7.88. The third kappa shape index (κ3) is 2.47. The lowest BCUT2D eigenvalue weighted by atomic mass is 10.0. The molecule has 0 fully saturated rings. The molecule has 0 amide bonds. The first-order chi connectivity index (χ1) is 15.9. The summed E-state index contributed by atoms with van der Waals surface area (Å²) in [5.41, 5.74) is 9.43. The summed E-state index contributed by atoms with van der Waals surface area (Å²) in [5.74, 6) is 0. The van der Waals surface area contributed by atoms with Crippen molar-refractivity contribution in [2.24, 2.45) is 0 Å². The fourth-order valence-electron chi connectivity index (χ4n) is 5.70. The number of hydrogen-bond acceptors (Lipinski definition) is 0. The molecule has 0 spiro atoms. The van der Waals surface area contributed by atoms with E-state index >= 15 is 0 Å². The molecule has 2 nitrogen and oxygen atoms in total. The van der Waals surface area contributed by atoms with Gasteiger partial charge in [0.1, 0.15) is 0 Å². The summed E-state index contributed by atoms with van der Waals surface area (Å²) in [6, 6.07) is 26.4. The topological polar surface area (TPSA) is 9.86 Å². The summed E-state index contributed by atoms with van der Waals surface area (Å²) >= 11 is 0. The maximum atomic E-state index is 2.55. The third-order valence-corrected chi connectivity index (χ3v) is 7.04. The van der Waals surface area contributed by atoms with Crippen LogP contribution in [0.3, 0.4) is 0 Å². The van der Waals surface area contributed by atoms with Crippen LogP contribution in [0.25, 0.3) is 50.2 Å². The first kappa shape index (κ1) is 17.9. The van der Waals surface area contributed by atoms with Crippen molar-refractivity contribution in [2.45, 2.75) is 25.7 Å². The minimum absolute atomic E-state index is 1.05. The Kier molecular flexibility index (Phi) is 3.83. The Morgan fingerprint density at radius 1 is 0.594 bits per heavy atom. The van der Waals surface area contributed by atoms with E-state index in [0.717, 1.165) is 25.7 Å². The van der Waals surface area contributed by atoms with Crippen LogP contribution in [0.1, 0.15) is 30.5 Å². The normalized spacial score (nSPS) is 15.9. The van der Waals surface area contributed by atoms with Gasteiger partial charge in [-0.1, -0.05) is 72.8 Å². The Morgan fingerprint density at radius 2 is 1.22 bits per heavy atom. The Bertz CT molecular complexity index is 1560. The fraction of sp³-hybridized carbons (Fsp3) is 0.133. The number of allylic oxidation sites excluding steroid dienone is 5. The van der Waals surface area contributed by atoms with Crippen molar-refractivity contribution < 1.29 is 0 Å². The highest BCUT2D eigenvalue weighted by Gasteiger charge is 2.21. The van der Waals surface area contributed by atoms with Gasteiger partial charge in [0.25, 0.3) is 0 Å². The number of hydrogen-bond donors (Lipinski definition) is 0. The highest BCUT2D eigenvalue weighted by molar-refractivity contribution is 6.10. The van der Waals surface area contributed by atoms with E-state index in [-0.39, 0.29) is 0 Å². The summed E-state index contributed by atoms with van der Waals surface area (Å²) in [7, 11) is 0. The van der Waals surface area contributed by atoms with E-state index in [0.29, 0.717) is 0 Å². The first-order valence-corrected chi connectivity index (χ1v) is 11.6. The lowest BCUT2D eigenvalue weighted by Gasteiger charge is -2.21. The number of rotatable bonds is 2. The number of aromatic nitrogens is 2. The predicted molar refractivity (Wildman–Crippen MR) is 137 cm³/mol. The standard InChI is InChI=1S/C30H24N2/c1-5-16-27-23(12-1)24-13-2-6-17-28(24)31(27)21-10-9-11-22(20-21)32-29-18-7-3-14-25(29)26-15-4-8-19-30(26)32/h1-7,10,12-18,20H,8-9,11,19H2. The molecule has 0 unspecified atom stereocenters. The van der Waals surface area contributed by atoms with Crippen LogP contribution in [0.15, 0.2) is 91.0 Å². The molecule has 3 aromatic carbocycles. The molecule has 2 heterocycles. The lowest BCUT2D eigenvalue weighted by Crippen LogP contribution is -2.08. The smallest absolute Gasteiger partial charge is 0.0540 e. The van der Waals surface area contributed by atoms with Crippen LogP contribution in [-0.2, 0) is 6.42 Å². The summed E-state index contributed by atoms with van der Waals surface area (Å²) in [5, 5.41) is 4.00. The molecular formula is C30H24N2. The van der Waals surface area contributed by atoms with E-state index < -0.39 is 0 Å². The van der Waals surface area contributed by atoms with Crippen molar-refractivity contribution in [3.05, 3.63) is 102 Å². The molecule has 5 aromatic rings. The molecule has 2 aromatic heterocycles. The number of benzene rings is 3. The minimum atomic E-state index is 1.05. The highest BCUT2D eigenvalue weighted by Crippen LogP contribution is 2.38. The van der Waals surface area contributed by atoms with Gasteiger partial charge >= 0.3 is 0 Å². The summed E-state index contributed by atoms with van der Waals surface area (Å²) in [6.45, 7) is 0. The van der Waals surface area contributed by atoms with Crippen molar-refractivity contribution in [2.75, 3.05) is 0 Å². The van der Waals surface area contributed by atoms with E-state index in [9.17, 15) is 0 Å². The molecule has 2 heteroatoms. The van der Waals surface area contributed by atoms with Gasteiger partial charge in [-0.3, -0.25) is 0 Å². The molecular weight excluding hydrogens is 388 g/mol. The molecule has 0 saturated heterocycles. The number of para-hydroxylation sites is 3. The summed E-state index contributed by atoms with van der Waals surface area (Å²) in [4.78, 5) is 0. The minimum Gasteiger partial charge on any atom is -0.317 e. The van der Waals surface area contributed by atoms with Crippen LogP contribution in [0.2, 0.25) is 0 Å². The van der Waals surface area contributed by atoms with Gasteiger partial charge in [-0.25, -0.2) is 0 Å². The molecule has 7 rings (SSSR count). The first-order valence-electron chi connectivity index (χ1n) is 11.6. The molecule has 32 heavy (non-hydrogen) atoms. The average Bonchev–Trinajstić information content (AvgIpc) is 3.37. The molecule has 2 aliphatic carbocycles. The zero-order valence-electron chi connectivity index (χ0n) is 18.0. The molecule has 0 bridgehead atoms. The van der Waals surface area contributed by atoms with E-state index in [1.807, 2.05) is 0 Å². The van der Waals surface area contributed by atoms with Crippen LogP contribution >= 0.6 is 0 Å². The van der Waals surface area contributed by atoms with Gasteiger partial charge in [0.05, 0.1) is 16.6 Å². The summed E-state index contributed by atoms with van der Waals surface area (Å²) in [6.07, 6.45) is 13.8. The molecule has 0 saturated carbocycles. The highest BCUT2D eigenvalue weighted by atomic mass is 15.0. The maximum absolute atomic E-state index is 2.55. The van der Waals surface area contributed by atoms with Crippen molar-refractivity contribution >= 4 is 50.2 Å². The van der Waals surface area contributed by atoms with Crippen LogP contribution in [-0.4, -0.2) is 9.13 Å². The Morgan fingerprint density at radius 3 is 1.94 bits per heavy atom. The van der Waals surface area contributed by atoms with Crippen molar-refractivity contribution in [3.8, 4) is 0 Å². The van der Waals surface area contributed by atoms with Gasteiger partial charge in [0, 0.05) is 38.8 Å². The van der Waals surface area contributed by atoms with E-state index in [1.165, 1.54) is 55.4 Å². The van der Waals surface area contributed by atoms with Crippen molar-refractivity contribution in [1.29, 1.82) is 0 Å². The second-order valence-electron chi connectivity index (χ2n) is 8.83. The second kappa shape index (κ2) is 6.86. The lowest BCUT2D eigenvalue weighted by molar-refractivity contribution is 0.862. The average molecular weight is 413 g/mol. The Labute approximate surface area is 187 Å². The van der Waals surface area contributed by atoms with Crippen LogP contribution < -0.4 is 0 Å². The molecule has 0 radical (unpaired) electrons. The van der Waals surface area contributed by atoms with Crippen molar-refractivity contribution in [3.63, 3.8) is 0 Å². The van der Waals surface area contributed by atoms with Crippen LogP contribution in [0, 0.1) is 0 Å². The third-order valence-electron chi connectivity index (χ3n) is 7.04. The SMILES string of the molecule is C1=Cc2c(n(C3=CC(n4c5ccccc5c5ccccc54)=CCC3)c3ccccc23)CC1. The quantitative estimate of drug-likeness (QED) is 0.279. The molecule has 0 atom stereocenters. The van der Waals surface area contributed by atoms with Gasteiger partial charge in [-0.15, -0.1) is 0 Å². The molecule has 0 aliphatic heterocycles. The monoisotopic (exact) mass is 412 g/mol. The zero-order valence-corrected chi connectivity index (χ0v) is 18.0. The number of nitrogens with zero attached hydrogens (tertiary/aromatic N) is 2. The van der Waals surface area contributed by atoms with Crippen LogP contribution in [0.4, 0.5) is 0 Å². The zero-order chi connectivity index (χ0) is 21.1. The number of fused-ring (bicyclic) bond motifs is 6. The fourth-order valence-corrected chi connectivity index (χ4v) is 5.70. The second-order valence-corrected chi connectivity index (χ2v) is 8.83. The maximum Gasteiger partial charge on any atom is 0.0540 e. The van der Waals surface area contributed by atoms with Gasteiger partial charge in [-0.2, -0.15) is 0 Å². The molecule has 0 N–H and O–H groups in total. The van der Waals surface area contributed by atoms with E-state index in [1.54, 1.807) is 0 Å². The van der Waals surface area contributed by atoms with Crippen molar-refractivity contribution in [1.82, 2.24) is 9.13 Å². The Balaban J connectivity index is 1.48. The van der Waals surface area contributed by atoms with Gasteiger partial charge in [-0.05, 0) is 50.0 Å². The molecule has 2 aliphatic rings. The van der Waals surface area contributed by atoms with Gasteiger partial charge < -0.3 is 9.13 Å². The largest absolute Gasteiger partial charge is 0.317 e. The summed E-state index contributed by atoms with van der Waals surface area (Å²) < 4.78 is 5.00. The van der Waals surface area contributed by atoms with E-state index in [2.05, 4.69) is 106 Å². The Hall–Kier alpha value is -3.78. The van der Waals surface area contributed by atoms with Gasteiger partial charge in [0.2, 0.25) is 0 Å². The van der Waals surface area contributed by atoms with Crippen LogP contribution in [0.5, 0.6) is 0 Å². The van der Waals surface area contributed by atoms with Gasteiger partial charge in [0.15, 0.2) is 0 Å². The molecule has 154 valence electrons. The van der Waals surface area contributed by atoms with E-state index in [4.69, 9.17) is 0 Å².